The number of amides is 2. The third kappa shape index (κ3) is 4.24. The van der Waals surface area contributed by atoms with E-state index < -0.39 is 0 Å². The molecule has 1 heterocycles. The minimum absolute atomic E-state index is 0.198. The van der Waals surface area contributed by atoms with Crippen LogP contribution in [-0.2, 0) is 7.05 Å². The van der Waals surface area contributed by atoms with E-state index in [4.69, 9.17) is 11.6 Å². The van der Waals surface area contributed by atoms with Gasteiger partial charge in [0.05, 0.1) is 0 Å². The number of carbonyl (C=O) groups is 1. The number of unbranched alkanes of at least 4 members (excludes halogenated alkanes) is 1. The van der Waals surface area contributed by atoms with Crippen molar-refractivity contribution < 1.29 is 4.79 Å². The van der Waals surface area contributed by atoms with Gasteiger partial charge in [-0.3, -0.25) is 0 Å². The zero-order valence-electron chi connectivity index (χ0n) is 12.8. The van der Waals surface area contributed by atoms with Gasteiger partial charge in [-0.2, -0.15) is 0 Å². The van der Waals surface area contributed by atoms with E-state index in [0.29, 0.717) is 11.6 Å². The SMILES string of the molecule is CCCCNC(=O)N[C@H](c1ccc(Cl)cc1)c1nccn1C. The second kappa shape index (κ2) is 7.84. The molecule has 0 unspecified atom stereocenters. The van der Waals surface area contributed by atoms with E-state index in [1.807, 2.05) is 42.1 Å². The van der Waals surface area contributed by atoms with E-state index in [9.17, 15) is 4.79 Å². The Kier molecular flexibility index (Phi) is 5.83. The van der Waals surface area contributed by atoms with Crippen molar-refractivity contribution in [3.8, 4) is 0 Å². The minimum Gasteiger partial charge on any atom is -0.338 e. The molecule has 1 atom stereocenters. The molecule has 1 aromatic carbocycles. The van der Waals surface area contributed by atoms with Crippen LogP contribution in [0.1, 0.15) is 37.2 Å². The molecule has 22 heavy (non-hydrogen) atoms. The van der Waals surface area contributed by atoms with Gasteiger partial charge in [-0.1, -0.05) is 37.1 Å². The number of imidazole rings is 1. The molecule has 2 N–H and O–H groups in total. The second-order valence-electron chi connectivity index (χ2n) is 5.13. The monoisotopic (exact) mass is 320 g/mol. The fraction of sp³-hybridized carbons (Fsp3) is 0.375. The summed E-state index contributed by atoms with van der Waals surface area (Å²) in [5, 5.41) is 6.50. The Morgan fingerprint density at radius 3 is 2.68 bits per heavy atom. The van der Waals surface area contributed by atoms with Crippen molar-refractivity contribution in [2.24, 2.45) is 7.05 Å². The van der Waals surface area contributed by atoms with E-state index in [1.165, 1.54) is 0 Å². The van der Waals surface area contributed by atoms with E-state index >= 15 is 0 Å². The summed E-state index contributed by atoms with van der Waals surface area (Å²) in [6.45, 7) is 2.75. The molecule has 0 aliphatic rings. The molecule has 2 amide bonds. The van der Waals surface area contributed by atoms with Crippen LogP contribution in [0, 0.1) is 0 Å². The molecule has 2 aromatic rings. The first-order valence-corrected chi connectivity index (χ1v) is 7.76. The van der Waals surface area contributed by atoms with Gasteiger partial charge in [0.25, 0.3) is 0 Å². The topological polar surface area (TPSA) is 59.0 Å². The van der Waals surface area contributed by atoms with Gasteiger partial charge in [0.1, 0.15) is 11.9 Å². The Balaban J connectivity index is 2.17. The lowest BCUT2D eigenvalue weighted by Gasteiger charge is -2.19. The highest BCUT2D eigenvalue weighted by molar-refractivity contribution is 6.30. The van der Waals surface area contributed by atoms with Gasteiger partial charge < -0.3 is 15.2 Å². The minimum atomic E-state index is -0.320. The maximum absolute atomic E-state index is 12.1. The lowest BCUT2D eigenvalue weighted by molar-refractivity contribution is 0.238. The van der Waals surface area contributed by atoms with E-state index in [1.54, 1.807) is 6.20 Å². The van der Waals surface area contributed by atoms with Gasteiger partial charge >= 0.3 is 6.03 Å². The summed E-state index contributed by atoms with van der Waals surface area (Å²) in [6, 6.07) is 6.89. The van der Waals surface area contributed by atoms with E-state index in [2.05, 4.69) is 22.5 Å². The van der Waals surface area contributed by atoms with Crippen molar-refractivity contribution in [1.29, 1.82) is 0 Å². The average molecular weight is 321 g/mol. The Morgan fingerprint density at radius 2 is 2.09 bits per heavy atom. The third-order valence-corrected chi connectivity index (χ3v) is 3.66. The van der Waals surface area contributed by atoms with Crippen molar-refractivity contribution in [3.05, 3.63) is 53.1 Å². The summed E-state index contributed by atoms with van der Waals surface area (Å²) >= 11 is 5.94. The Labute approximate surface area is 135 Å². The molecule has 1 aromatic heterocycles. The number of urea groups is 1. The normalized spacial score (nSPS) is 12.0. The highest BCUT2D eigenvalue weighted by Gasteiger charge is 2.20. The summed E-state index contributed by atoms with van der Waals surface area (Å²) in [5.41, 5.74) is 0.935. The zero-order valence-corrected chi connectivity index (χ0v) is 13.6. The van der Waals surface area contributed by atoms with Crippen molar-refractivity contribution >= 4 is 17.6 Å². The Morgan fingerprint density at radius 1 is 1.36 bits per heavy atom. The Hall–Kier alpha value is -2.01. The largest absolute Gasteiger partial charge is 0.338 e. The maximum Gasteiger partial charge on any atom is 0.315 e. The number of hydrogen-bond donors (Lipinski definition) is 2. The van der Waals surface area contributed by atoms with Crippen molar-refractivity contribution in [2.45, 2.75) is 25.8 Å². The molecule has 0 saturated carbocycles. The van der Waals surface area contributed by atoms with Gasteiger partial charge in [-0.25, -0.2) is 9.78 Å². The van der Waals surface area contributed by atoms with Crippen molar-refractivity contribution in [1.82, 2.24) is 20.2 Å². The zero-order chi connectivity index (χ0) is 15.9. The van der Waals surface area contributed by atoms with E-state index in [0.717, 1.165) is 24.2 Å². The van der Waals surface area contributed by atoms with Crippen LogP contribution < -0.4 is 10.6 Å². The summed E-state index contributed by atoms with van der Waals surface area (Å²) in [5.74, 6) is 0.771. The molecule has 6 heteroatoms. The molecule has 2 rings (SSSR count). The summed E-state index contributed by atoms with van der Waals surface area (Å²) in [7, 11) is 1.90. The molecular weight excluding hydrogens is 300 g/mol. The molecule has 0 aliphatic heterocycles. The molecule has 118 valence electrons. The number of rotatable bonds is 6. The smallest absolute Gasteiger partial charge is 0.315 e. The second-order valence-corrected chi connectivity index (χ2v) is 5.57. The van der Waals surface area contributed by atoms with Crippen LogP contribution in [0.3, 0.4) is 0 Å². The lowest BCUT2D eigenvalue weighted by Crippen LogP contribution is -2.39. The van der Waals surface area contributed by atoms with Crippen LogP contribution in [0.15, 0.2) is 36.7 Å². The molecule has 0 bridgehead atoms. The summed E-state index contributed by atoms with van der Waals surface area (Å²) in [4.78, 5) is 16.4. The van der Waals surface area contributed by atoms with E-state index in [-0.39, 0.29) is 12.1 Å². The highest BCUT2D eigenvalue weighted by Crippen LogP contribution is 2.22. The number of aromatic nitrogens is 2. The van der Waals surface area contributed by atoms with Crippen LogP contribution in [0.4, 0.5) is 4.79 Å². The number of aryl methyl sites for hydroxylation is 1. The highest BCUT2D eigenvalue weighted by atomic mass is 35.5. The fourth-order valence-electron chi connectivity index (χ4n) is 2.17. The summed E-state index contributed by atoms with van der Waals surface area (Å²) < 4.78 is 1.89. The number of nitrogens with zero attached hydrogens (tertiary/aromatic N) is 2. The third-order valence-electron chi connectivity index (χ3n) is 3.41. The number of hydrogen-bond acceptors (Lipinski definition) is 2. The van der Waals surface area contributed by atoms with Crippen molar-refractivity contribution in [3.63, 3.8) is 0 Å². The van der Waals surface area contributed by atoms with Gasteiger partial charge in [0, 0.05) is 31.0 Å². The number of halogens is 1. The van der Waals surface area contributed by atoms with Crippen molar-refractivity contribution in [2.75, 3.05) is 6.54 Å². The van der Waals surface area contributed by atoms with Crippen LogP contribution in [-0.4, -0.2) is 22.1 Å². The standard InChI is InChI=1S/C16H21ClN4O/c1-3-4-9-19-16(22)20-14(15-18-10-11-21(15)2)12-5-7-13(17)8-6-12/h5-8,10-11,14H,3-4,9H2,1-2H3,(H2,19,20,22)/t14-/m1/s1. The predicted octanol–water partition coefficient (Wildman–Crippen LogP) is 3.26. The predicted molar refractivity (Wildman–Crippen MR) is 87.9 cm³/mol. The van der Waals surface area contributed by atoms with Crippen LogP contribution in [0.25, 0.3) is 0 Å². The van der Waals surface area contributed by atoms with Gasteiger partial charge in [0.2, 0.25) is 0 Å². The number of carbonyl (C=O) groups excluding carboxylic acids is 1. The van der Waals surface area contributed by atoms with Gasteiger partial charge in [-0.15, -0.1) is 0 Å². The molecule has 0 spiro atoms. The first-order chi connectivity index (χ1) is 10.6. The van der Waals surface area contributed by atoms with Crippen LogP contribution >= 0.6 is 11.6 Å². The number of nitrogens with one attached hydrogen (secondary N) is 2. The molecule has 0 saturated heterocycles. The van der Waals surface area contributed by atoms with Gasteiger partial charge in [0.15, 0.2) is 0 Å². The Bertz CT molecular complexity index is 609. The van der Waals surface area contributed by atoms with Crippen LogP contribution in [0.2, 0.25) is 5.02 Å². The summed E-state index contributed by atoms with van der Waals surface area (Å²) in [6.07, 6.45) is 5.57. The van der Waals surface area contributed by atoms with Gasteiger partial charge in [-0.05, 0) is 24.1 Å². The quantitative estimate of drug-likeness (QED) is 0.803. The molecule has 5 nitrogen and oxygen atoms in total. The average Bonchev–Trinajstić information content (AvgIpc) is 2.92. The number of benzene rings is 1. The molecule has 0 radical (unpaired) electrons. The molecular formula is C16H21ClN4O. The lowest BCUT2D eigenvalue weighted by atomic mass is 10.1. The molecule has 0 aliphatic carbocycles. The van der Waals surface area contributed by atoms with Crippen LogP contribution in [0.5, 0.6) is 0 Å². The first-order valence-electron chi connectivity index (χ1n) is 7.39. The molecule has 0 fully saturated rings. The fourth-order valence-corrected chi connectivity index (χ4v) is 2.29. The first kappa shape index (κ1) is 16.4. The maximum atomic E-state index is 12.1.